The Labute approximate surface area is 149 Å². The quantitative estimate of drug-likeness (QED) is 0.649. The maximum atomic E-state index is 6.11. The average Bonchev–Trinajstić information content (AvgIpc) is 2.94. The van der Waals surface area contributed by atoms with E-state index in [2.05, 4.69) is 28.6 Å². The minimum absolute atomic E-state index is 0.156. The first kappa shape index (κ1) is 16.2. The summed E-state index contributed by atoms with van der Waals surface area (Å²) in [6, 6.07) is 8.64. The molecule has 1 spiro atoms. The van der Waals surface area contributed by atoms with Crippen LogP contribution in [0.3, 0.4) is 0 Å². The molecule has 2 N–H and O–H groups in total. The van der Waals surface area contributed by atoms with Crippen molar-refractivity contribution in [1.29, 1.82) is 0 Å². The highest BCUT2D eigenvalue weighted by Gasteiger charge is 2.66. The molecule has 0 amide bonds. The number of nitrogens with one attached hydrogen (secondary N) is 2. The molecule has 24 heavy (non-hydrogen) atoms. The normalized spacial score (nSPS) is 31.8. The molecule has 0 radical (unpaired) electrons. The Balaban J connectivity index is 1.43. The Morgan fingerprint density at radius 2 is 2.25 bits per heavy atom. The number of halogens is 1. The summed E-state index contributed by atoms with van der Waals surface area (Å²) in [6.45, 7) is 3.06. The zero-order valence-electron chi connectivity index (χ0n) is 14.4. The molecule has 1 aromatic carbocycles. The van der Waals surface area contributed by atoms with E-state index in [1.165, 1.54) is 31.2 Å². The van der Waals surface area contributed by atoms with E-state index in [1.54, 1.807) is 0 Å². The van der Waals surface area contributed by atoms with Crippen molar-refractivity contribution in [2.75, 3.05) is 13.7 Å². The Hall–Kier alpha value is -1.26. The third-order valence-electron chi connectivity index (χ3n) is 6.25. The molecule has 1 aromatic rings. The monoisotopic (exact) mass is 347 g/mol. The zero-order chi connectivity index (χ0) is 16.7. The molecular formula is C19H26ClN3O. The number of hydrogen-bond donors (Lipinski definition) is 2. The van der Waals surface area contributed by atoms with Gasteiger partial charge in [-0.25, -0.2) is 0 Å². The summed E-state index contributed by atoms with van der Waals surface area (Å²) in [7, 11) is 1.84. The van der Waals surface area contributed by atoms with Crippen molar-refractivity contribution < 1.29 is 4.74 Å². The van der Waals surface area contributed by atoms with E-state index in [0.717, 1.165) is 17.6 Å². The molecule has 2 aliphatic carbocycles. The highest BCUT2D eigenvalue weighted by Crippen LogP contribution is 2.62. The van der Waals surface area contributed by atoms with Crippen molar-refractivity contribution in [2.24, 2.45) is 16.3 Å². The first-order valence-corrected chi connectivity index (χ1v) is 9.39. The van der Waals surface area contributed by atoms with E-state index >= 15 is 0 Å². The molecule has 4 rings (SSSR count). The lowest BCUT2D eigenvalue weighted by Crippen LogP contribution is -2.72. The van der Waals surface area contributed by atoms with E-state index < -0.39 is 0 Å². The van der Waals surface area contributed by atoms with Gasteiger partial charge in [0.25, 0.3) is 0 Å². The van der Waals surface area contributed by atoms with Crippen LogP contribution < -0.4 is 10.6 Å². The van der Waals surface area contributed by atoms with Gasteiger partial charge in [0, 0.05) is 36.1 Å². The molecular weight excluding hydrogens is 322 g/mol. The zero-order valence-corrected chi connectivity index (χ0v) is 15.1. The van der Waals surface area contributed by atoms with Crippen molar-refractivity contribution in [2.45, 2.75) is 50.8 Å². The van der Waals surface area contributed by atoms with E-state index in [0.29, 0.717) is 23.5 Å². The lowest BCUT2D eigenvalue weighted by molar-refractivity contribution is -0.171. The van der Waals surface area contributed by atoms with E-state index in [1.807, 2.05) is 25.2 Å². The van der Waals surface area contributed by atoms with Crippen molar-refractivity contribution >= 4 is 17.6 Å². The second kappa shape index (κ2) is 6.23. The second-order valence-electron chi connectivity index (χ2n) is 7.45. The minimum atomic E-state index is 0.156. The molecule has 4 unspecified atom stereocenters. The van der Waals surface area contributed by atoms with Crippen LogP contribution in [0, 0.1) is 11.3 Å². The van der Waals surface area contributed by atoms with Gasteiger partial charge in [-0.2, -0.15) is 0 Å². The van der Waals surface area contributed by atoms with E-state index in [-0.39, 0.29) is 6.04 Å². The lowest BCUT2D eigenvalue weighted by atomic mass is 9.46. The molecule has 1 heterocycles. The maximum absolute atomic E-state index is 6.11. The van der Waals surface area contributed by atoms with Gasteiger partial charge in [-0.1, -0.05) is 30.2 Å². The van der Waals surface area contributed by atoms with Crippen molar-refractivity contribution in [3.63, 3.8) is 0 Å². The first-order valence-electron chi connectivity index (χ1n) is 9.01. The van der Waals surface area contributed by atoms with E-state index in [9.17, 15) is 0 Å². The Bertz CT molecular complexity index is 643. The molecule has 1 aliphatic heterocycles. The molecule has 3 fully saturated rings. The summed E-state index contributed by atoms with van der Waals surface area (Å²) in [6.07, 6.45) is 5.55. The molecule has 0 aromatic heterocycles. The number of benzene rings is 1. The topological polar surface area (TPSA) is 45.7 Å². The van der Waals surface area contributed by atoms with Crippen LogP contribution in [0.25, 0.3) is 0 Å². The summed E-state index contributed by atoms with van der Waals surface area (Å²) >= 11 is 6.11. The fourth-order valence-electron chi connectivity index (χ4n) is 4.84. The van der Waals surface area contributed by atoms with Gasteiger partial charge in [0.05, 0.1) is 12.1 Å². The fraction of sp³-hybridized carbons (Fsp3) is 0.632. The third-order valence-corrected chi connectivity index (χ3v) is 6.49. The van der Waals surface area contributed by atoms with Crippen LogP contribution in [0.5, 0.6) is 0 Å². The van der Waals surface area contributed by atoms with Gasteiger partial charge in [-0.15, -0.1) is 0 Å². The lowest BCUT2D eigenvalue weighted by Gasteiger charge is -2.63. The smallest absolute Gasteiger partial charge is 0.191 e. The van der Waals surface area contributed by atoms with Crippen LogP contribution in [-0.2, 0) is 4.74 Å². The summed E-state index contributed by atoms with van der Waals surface area (Å²) < 4.78 is 6.00. The summed E-state index contributed by atoms with van der Waals surface area (Å²) in [4.78, 5) is 4.46. The maximum Gasteiger partial charge on any atom is 0.191 e. The Morgan fingerprint density at radius 1 is 1.42 bits per heavy atom. The molecule has 4 atom stereocenters. The highest BCUT2D eigenvalue weighted by atomic mass is 35.5. The van der Waals surface area contributed by atoms with Gasteiger partial charge >= 0.3 is 0 Å². The molecule has 4 nitrogen and oxygen atoms in total. The van der Waals surface area contributed by atoms with Gasteiger partial charge in [0.2, 0.25) is 0 Å². The molecule has 5 heteroatoms. The van der Waals surface area contributed by atoms with Crippen LogP contribution in [-0.4, -0.2) is 31.8 Å². The van der Waals surface area contributed by atoms with Crippen LogP contribution in [0.4, 0.5) is 0 Å². The highest BCUT2D eigenvalue weighted by molar-refractivity contribution is 6.30. The van der Waals surface area contributed by atoms with Crippen molar-refractivity contribution in [3.8, 4) is 0 Å². The second-order valence-corrected chi connectivity index (χ2v) is 7.88. The molecule has 3 aliphatic rings. The Kier molecular flexibility index (Phi) is 4.21. The van der Waals surface area contributed by atoms with Crippen LogP contribution in [0.15, 0.2) is 29.3 Å². The standard InChI is InChI=1S/C19H26ClN3O/c1-12(13-5-3-6-14(20)11-13)22-18(21-2)23-16-15-7-10-24-17(15)19(16)8-4-9-19/h3,5-6,11-12,15-17H,4,7-10H2,1-2H3,(H2,21,22,23). The van der Waals surface area contributed by atoms with Gasteiger partial charge in [-0.05, 0) is 43.9 Å². The van der Waals surface area contributed by atoms with Gasteiger partial charge in [0.1, 0.15) is 0 Å². The van der Waals surface area contributed by atoms with E-state index in [4.69, 9.17) is 16.3 Å². The number of ether oxygens (including phenoxy) is 1. The molecule has 130 valence electrons. The van der Waals surface area contributed by atoms with Crippen LogP contribution >= 0.6 is 11.6 Å². The predicted molar refractivity (Wildman–Crippen MR) is 97.4 cm³/mol. The van der Waals surface area contributed by atoms with Gasteiger partial charge in [-0.3, -0.25) is 4.99 Å². The molecule has 2 saturated carbocycles. The number of aliphatic imine (C=N–C) groups is 1. The Morgan fingerprint density at radius 3 is 2.92 bits per heavy atom. The van der Waals surface area contributed by atoms with Crippen LogP contribution in [0.1, 0.15) is 44.2 Å². The van der Waals surface area contributed by atoms with Crippen molar-refractivity contribution in [1.82, 2.24) is 10.6 Å². The number of rotatable bonds is 3. The van der Waals surface area contributed by atoms with Gasteiger partial charge < -0.3 is 15.4 Å². The SMILES string of the molecule is CN=C(NC(C)c1cccc(Cl)c1)NC1C2CCOC2C12CCC2. The number of nitrogens with zero attached hydrogens (tertiary/aromatic N) is 1. The van der Waals surface area contributed by atoms with Crippen molar-refractivity contribution in [3.05, 3.63) is 34.9 Å². The first-order chi connectivity index (χ1) is 11.6. The third kappa shape index (κ3) is 2.51. The fourth-order valence-corrected chi connectivity index (χ4v) is 5.04. The molecule has 0 bridgehead atoms. The largest absolute Gasteiger partial charge is 0.377 e. The molecule has 1 saturated heterocycles. The summed E-state index contributed by atoms with van der Waals surface area (Å²) in [5, 5.41) is 7.99. The minimum Gasteiger partial charge on any atom is -0.377 e. The summed E-state index contributed by atoms with van der Waals surface area (Å²) in [5.41, 5.74) is 1.53. The van der Waals surface area contributed by atoms with Crippen LogP contribution in [0.2, 0.25) is 5.02 Å². The average molecular weight is 348 g/mol. The number of hydrogen-bond acceptors (Lipinski definition) is 2. The predicted octanol–water partition coefficient (Wildman–Crippen LogP) is 3.52. The van der Waals surface area contributed by atoms with Gasteiger partial charge in [0.15, 0.2) is 5.96 Å². The number of fused-ring (bicyclic) bond motifs is 2. The number of guanidine groups is 1. The summed E-state index contributed by atoms with van der Waals surface area (Å²) in [5.74, 6) is 1.52.